The molecule has 5 heteroatoms. The van der Waals surface area contributed by atoms with Gasteiger partial charge in [-0.3, -0.25) is 0 Å². The minimum atomic E-state index is -3.03. The molecule has 0 saturated heterocycles. The van der Waals surface area contributed by atoms with E-state index in [4.69, 9.17) is 23.2 Å². The van der Waals surface area contributed by atoms with Crippen molar-refractivity contribution in [3.63, 3.8) is 0 Å². The first-order valence-electron chi connectivity index (χ1n) is 2.70. The first-order chi connectivity index (χ1) is 4.36. The van der Waals surface area contributed by atoms with E-state index in [1.165, 1.54) is 0 Å². The third-order valence-corrected chi connectivity index (χ3v) is 2.48. The van der Waals surface area contributed by atoms with Crippen LogP contribution in [0.25, 0.3) is 0 Å². The molecule has 0 fully saturated rings. The van der Waals surface area contributed by atoms with Gasteiger partial charge in [0.25, 0.3) is 0 Å². The molecule has 0 nitrogen and oxygen atoms in total. The average molecular weight is 209 g/mol. The van der Waals surface area contributed by atoms with Gasteiger partial charge in [-0.1, -0.05) is 48.8 Å². The zero-order valence-electron chi connectivity index (χ0n) is 5.57. The monoisotopic (exact) mass is 208 g/mol. The van der Waals surface area contributed by atoms with Crippen molar-refractivity contribution < 1.29 is 8.78 Å². The molecule has 0 unspecified atom stereocenters. The largest absolute Gasteiger partial charge is 0.323 e. The molecule has 0 radical (unpaired) electrons. The number of hydrogen-bond acceptors (Lipinski definition) is 1. The summed E-state index contributed by atoms with van der Waals surface area (Å²) in [6, 6.07) is 0. The molecule has 0 heterocycles. The Bertz CT molecular complexity index is 106. The van der Waals surface area contributed by atoms with Crippen LogP contribution in [0.2, 0.25) is 0 Å². The highest BCUT2D eigenvalue weighted by atomic mass is 35.5. The first kappa shape index (κ1) is 10.8. The zero-order chi connectivity index (χ0) is 8.36. The van der Waals surface area contributed by atoms with Crippen LogP contribution in [0.5, 0.6) is 0 Å². The number of thioether (sulfide) groups is 1. The topological polar surface area (TPSA) is 0 Å². The zero-order valence-corrected chi connectivity index (χ0v) is 7.90. The highest BCUT2D eigenvalue weighted by Crippen LogP contribution is 2.39. The van der Waals surface area contributed by atoms with Crippen molar-refractivity contribution >= 4 is 35.0 Å². The summed E-state index contributed by atoms with van der Waals surface area (Å²) in [6.45, 7) is 3.32. The fourth-order valence-electron chi connectivity index (χ4n) is 0.366. The lowest BCUT2D eigenvalue weighted by atomic mass is 10.6. The maximum atomic E-state index is 12.5. The van der Waals surface area contributed by atoms with Crippen LogP contribution in [0.4, 0.5) is 8.78 Å². The Morgan fingerprint density at radius 2 is 1.70 bits per heavy atom. The van der Waals surface area contributed by atoms with Crippen LogP contribution < -0.4 is 0 Å². The average Bonchev–Trinajstić information content (AvgIpc) is 1.60. The van der Waals surface area contributed by atoms with Gasteiger partial charge in [0.2, 0.25) is 0 Å². The summed E-state index contributed by atoms with van der Waals surface area (Å²) in [4.78, 5) is -1.63. The van der Waals surface area contributed by atoms with Crippen LogP contribution in [0, 0.1) is 0 Å². The van der Waals surface area contributed by atoms with E-state index >= 15 is 0 Å². The second kappa shape index (κ2) is 3.98. The van der Waals surface area contributed by atoms with Gasteiger partial charge in [0, 0.05) is 5.25 Å². The van der Waals surface area contributed by atoms with Gasteiger partial charge in [0.15, 0.2) is 4.84 Å². The third-order valence-electron chi connectivity index (χ3n) is 0.647. The molecule has 0 aliphatic rings. The number of alkyl halides is 4. The minimum absolute atomic E-state index is 0.171. The standard InChI is InChI=1S/C5H8Cl2F2S/c1-3(2)10-5(8,9)4(6)7/h3-4H,1-2H3. The molecule has 10 heavy (non-hydrogen) atoms. The quantitative estimate of drug-likeness (QED) is 0.640. The molecule has 0 spiro atoms. The summed E-state index contributed by atoms with van der Waals surface area (Å²) in [5.74, 6) is 0. The fourth-order valence-corrected chi connectivity index (χ4v) is 1.41. The highest BCUT2D eigenvalue weighted by molar-refractivity contribution is 8.01. The van der Waals surface area contributed by atoms with Crippen molar-refractivity contribution in [2.24, 2.45) is 0 Å². The van der Waals surface area contributed by atoms with Crippen LogP contribution in [-0.4, -0.2) is 15.3 Å². The predicted octanol–water partition coefficient (Wildman–Crippen LogP) is 3.52. The molecule has 0 aromatic heterocycles. The Labute approximate surface area is 73.3 Å². The van der Waals surface area contributed by atoms with Crippen molar-refractivity contribution in [2.45, 2.75) is 29.2 Å². The second-order valence-corrected chi connectivity index (χ2v) is 4.85. The van der Waals surface area contributed by atoms with Crippen molar-refractivity contribution in [3.8, 4) is 0 Å². The molecule has 0 amide bonds. The second-order valence-electron chi connectivity index (χ2n) is 2.03. The summed E-state index contributed by atoms with van der Waals surface area (Å²) in [5.41, 5.74) is 0. The molecule has 0 aromatic carbocycles. The van der Waals surface area contributed by atoms with Crippen molar-refractivity contribution in [2.75, 3.05) is 0 Å². The van der Waals surface area contributed by atoms with Crippen LogP contribution in [0.3, 0.4) is 0 Å². The van der Waals surface area contributed by atoms with Gasteiger partial charge >= 0.3 is 5.25 Å². The van der Waals surface area contributed by atoms with Gasteiger partial charge in [-0.15, -0.1) is 0 Å². The molecule has 0 aliphatic heterocycles. The van der Waals surface area contributed by atoms with E-state index in [1.807, 2.05) is 0 Å². The maximum absolute atomic E-state index is 12.5. The van der Waals surface area contributed by atoms with E-state index in [2.05, 4.69) is 0 Å². The first-order valence-corrected chi connectivity index (χ1v) is 4.45. The van der Waals surface area contributed by atoms with E-state index in [9.17, 15) is 8.78 Å². The minimum Gasteiger partial charge on any atom is -0.191 e. The van der Waals surface area contributed by atoms with Crippen LogP contribution in [0.15, 0.2) is 0 Å². The predicted molar refractivity (Wildman–Crippen MR) is 43.2 cm³/mol. The number of rotatable bonds is 3. The van der Waals surface area contributed by atoms with E-state index < -0.39 is 10.1 Å². The summed E-state index contributed by atoms with van der Waals surface area (Å²) in [7, 11) is 0. The van der Waals surface area contributed by atoms with Crippen LogP contribution >= 0.6 is 35.0 Å². The Morgan fingerprint density at radius 3 is 1.80 bits per heavy atom. The van der Waals surface area contributed by atoms with Gasteiger partial charge in [0.05, 0.1) is 0 Å². The van der Waals surface area contributed by atoms with E-state index in [-0.39, 0.29) is 5.25 Å². The lowest BCUT2D eigenvalue weighted by Gasteiger charge is -2.18. The van der Waals surface area contributed by atoms with Gasteiger partial charge in [-0.2, -0.15) is 8.78 Å². The Morgan fingerprint density at radius 1 is 1.30 bits per heavy atom. The van der Waals surface area contributed by atoms with Gasteiger partial charge in [-0.25, -0.2) is 0 Å². The van der Waals surface area contributed by atoms with E-state index in [0.717, 1.165) is 0 Å². The van der Waals surface area contributed by atoms with E-state index in [1.54, 1.807) is 13.8 Å². The van der Waals surface area contributed by atoms with Gasteiger partial charge < -0.3 is 0 Å². The molecule has 0 N–H and O–H groups in total. The fraction of sp³-hybridized carbons (Fsp3) is 1.00. The Hall–Kier alpha value is 0.790. The summed E-state index contributed by atoms with van der Waals surface area (Å²) >= 11 is 10.5. The van der Waals surface area contributed by atoms with Gasteiger partial charge in [-0.05, 0) is 0 Å². The number of halogens is 4. The molecule has 0 aromatic rings. The SMILES string of the molecule is CC(C)SC(F)(F)C(Cl)Cl. The Balaban J connectivity index is 3.87. The molecule has 0 bridgehead atoms. The molecule has 0 aliphatic carbocycles. The molecular formula is C5H8Cl2F2S. The highest BCUT2D eigenvalue weighted by Gasteiger charge is 2.38. The van der Waals surface area contributed by atoms with Crippen molar-refractivity contribution in [1.29, 1.82) is 0 Å². The lowest BCUT2D eigenvalue weighted by molar-refractivity contribution is 0.121. The molecule has 0 rings (SSSR count). The molecule has 62 valence electrons. The summed E-state index contributed by atoms with van der Waals surface area (Å²) in [5, 5.41) is -3.20. The lowest BCUT2D eigenvalue weighted by Crippen LogP contribution is -2.22. The smallest absolute Gasteiger partial charge is 0.191 e. The molecular weight excluding hydrogens is 201 g/mol. The van der Waals surface area contributed by atoms with Crippen molar-refractivity contribution in [3.05, 3.63) is 0 Å². The molecule has 0 atom stereocenters. The Kier molecular flexibility index (Phi) is 4.29. The van der Waals surface area contributed by atoms with Gasteiger partial charge in [0.1, 0.15) is 0 Å². The summed E-state index contributed by atoms with van der Waals surface area (Å²) in [6.07, 6.45) is 0. The van der Waals surface area contributed by atoms with Crippen molar-refractivity contribution in [1.82, 2.24) is 0 Å². The maximum Gasteiger partial charge on any atom is 0.323 e. The summed E-state index contributed by atoms with van der Waals surface area (Å²) < 4.78 is 25.0. The number of hydrogen-bond donors (Lipinski definition) is 0. The van der Waals surface area contributed by atoms with Crippen LogP contribution in [0.1, 0.15) is 13.8 Å². The third kappa shape index (κ3) is 3.84. The van der Waals surface area contributed by atoms with Crippen LogP contribution in [-0.2, 0) is 0 Å². The van der Waals surface area contributed by atoms with E-state index in [0.29, 0.717) is 11.8 Å². The molecule has 0 saturated carbocycles. The normalized spacial score (nSPS) is 13.2.